The van der Waals surface area contributed by atoms with E-state index in [1.54, 1.807) is 24.5 Å². The van der Waals surface area contributed by atoms with Gasteiger partial charge in [-0.05, 0) is 34.9 Å². The average molecular weight is 265 g/mol. The van der Waals surface area contributed by atoms with E-state index in [0.29, 0.717) is 5.39 Å². The van der Waals surface area contributed by atoms with Crippen LogP contribution in [0.3, 0.4) is 0 Å². The van der Waals surface area contributed by atoms with E-state index in [9.17, 15) is 4.39 Å². The fraction of sp³-hybridized carbons (Fsp3) is 0.118. The number of hydrogen-bond acceptors (Lipinski definition) is 2. The lowest BCUT2D eigenvalue weighted by Gasteiger charge is -2.09. The summed E-state index contributed by atoms with van der Waals surface area (Å²) < 4.78 is 19.5. The number of pyridine rings is 1. The summed E-state index contributed by atoms with van der Waals surface area (Å²) in [5.74, 6) is 0.715. The Hall–Kier alpha value is -2.42. The molecule has 0 N–H and O–H groups in total. The molecule has 0 unspecified atom stereocenters. The molecule has 98 valence electrons. The predicted molar refractivity (Wildman–Crippen MR) is 76.3 cm³/mol. The van der Waals surface area contributed by atoms with Gasteiger partial charge in [0.2, 0.25) is 0 Å². The first-order valence-electron chi connectivity index (χ1n) is 6.61. The zero-order valence-electron chi connectivity index (χ0n) is 10.8. The normalized spacial score (nSPS) is 13.2. The first kappa shape index (κ1) is 11.4. The van der Waals surface area contributed by atoms with Crippen molar-refractivity contribution in [2.45, 2.75) is 6.42 Å². The molecule has 1 aliphatic rings. The SMILES string of the molecule is Fc1ccc(-c2ccc3c(c2)OCC3)c2cnccc12. The smallest absolute Gasteiger partial charge is 0.131 e. The zero-order chi connectivity index (χ0) is 13.5. The van der Waals surface area contributed by atoms with Crippen LogP contribution in [-0.2, 0) is 6.42 Å². The van der Waals surface area contributed by atoms with Crippen LogP contribution in [0.15, 0.2) is 48.8 Å². The van der Waals surface area contributed by atoms with E-state index in [4.69, 9.17) is 4.74 Å². The second-order valence-electron chi connectivity index (χ2n) is 4.94. The van der Waals surface area contributed by atoms with Crippen molar-refractivity contribution in [3.05, 3.63) is 60.2 Å². The zero-order valence-corrected chi connectivity index (χ0v) is 10.8. The largest absolute Gasteiger partial charge is 0.493 e. The van der Waals surface area contributed by atoms with Crippen LogP contribution >= 0.6 is 0 Å². The van der Waals surface area contributed by atoms with Crippen LogP contribution in [0, 0.1) is 5.82 Å². The molecule has 4 rings (SSSR count). The van der Waals surface area contributed by atoms with Crippen LogP contribution in [0.4, 0.5) is 4.39 Å². The highest BCUT2D eigenvalue weighted by Gasteiger charge is 2.14. The lowest BCUT2D eigenvalue weighted by molar-refractivity contribution is 0.357. The highest BCUT2D eigenvalue weighted by molar-refractivity contribution is 5.96. The Morgan fingerprint density at radius 3 is 2.95 bits per heavy atom. The van der Waals surface area contributed by atoms with E-state index >= 15 is 0 Å². The molecule has 0 saturated heterocycles. The van der Waals surface area contributed by atoms with Gasteiger partial charge in [0, 0.05) is 29.6 Å². The van der Waals surface area contributed by atoms with E-state index in [-0.39, 0.29) is 5.82 Å². The molecule has 0 atom stereocenters. The number of ether oxygens (including phenoxy) is 1. The third-order valence-electron chi connectivity index (χ3n) is 3.77. The minimum absolute atomic E-state index is 0.219. The van der Waals surface area contributed by atoms with Crippen molar-refractivity contribution in [1.29, 1.82) is 0 Å². The topological polar surface area (TPSA) is 22.1 Å². The van der Waals surface area contributed by atoms with Crippen molar-refractivity contribution in [3.63, 3.8) is 0 Å². The summed E-state index contributed by atoms with van der Waals surface area (Å²) in [6.07, 6.45) is 4.28. The van der Waals surface area contributed by atoms with Gasteiger partial charge in [-0.2, -0.15) is 0 Å². The van der Waals surface area contributed by atoms with Gasteiger partial charge >= 0.3 is 0 Å². The summed E-state index contributed by atoms with van der Waals surface area (Å²) in [6, 6.07) is 11.2. The molecule has 20 heavy (non-hydrogen) atoms. The van der Waals surface area contributed by atoms with Crippen molar-refractivity contribution in [2.75, 3.05) is 6.61 Å². The number of aromatic nitrogens is 1. The quantitative estimate of drug-likeness (QED) is 0.664. The average Bonchev–Trinajstić information content (AvgIpc) is 2.95. The van der Waals surface area contributed by atoms with Crippen LogP contribution < -0.4 is 4.74 Å². The fourth-order valence-electron chi connectivity index (χ4n) is 2.74. The molecule has 2 aromatic carbocycles. The maximum Gasteiger partial charge on any atom is 0.131 e. The van der Waals surface area contributed by atoms with Crippen molar-refractivity contribution < 1.29 is 9.13 Å². The Morgan fingerprint density at radius 1 is 1.05 bits per heavy atom. The standard InChI is InChI=1S/C17H12FNO/c18-16-4-3-13(15-10-19-7-5-14(15)16)12-2-1-11-6-8-20-17(11)9-12/h1-5,7,9-10H,6,8H2. The third kappa shape index (κ3) is 1.67. The van der Waals surface area contributed by atoms with Crippen molar-refractivity contribution in [2.24, 2.45) is 0 Å². The van der Waals surface area contributed by atoms with Gasteiger partial charge in [0.1, 0.15) is 11.6 Å². The number of benzene rings is 2. The summed E-state index contributed by atoms with van der Waals surface area (Å²) in [7, 11) is 0. The molecule has 2 nitrogen and oxygen atoms in total. The van der Waals surface area contributed by atoms with Gasteiger partial charge < -0.3 is 4.74 Å². The molecule has 0 fully saturated rings. The molecule has 3 heteroatoms. The molecule has 0 radical (unpaired) electrons. The van der Waals surface area contributed by atoms with Crippen LogP contribution in [0.2, 0.25) is 0 Å². The molecule has 1 aliphatic heterocycles. The number of hydrogen-bond donors (Lipinski definition) is 0. The van der Waals surface area contributed by atoms with Gasteiger partial charge in [0.15, 0.2) is 0 Å². The van der Waals surface area contributed by atoms with E-state index in [0.717, 1.165) is 35.3 Å². The van der Waals surface area contributed by atoms with Crippen LogP contribution in [-0.4, -0.2) is 11.6 Å². The summed E-state index contributed by atoms with van der Waals surface area (Å²) >= 11 is 0. The third-order valence-corrected chi connectivity index (χ3v) is 3.77. The Kier molecular flexibility index (Phi) is 2.46. The summed E-state index contributed by atoms with van der Waals surface area (Å²) in [5, 5.41) is 1.42. The minimum Gasteiger partial charge on any atom is -0.493 e. The van der Waals surface area contributed by atoms with Crippen molar-refractivity contribution in [3.8, 4) is 16.9 Å². The Labute approximate surface area is 115 Å². The van der Waals surface area contributed by atoms with Gasteiger partial charge in [0.05, 0.1) is 6.61 Å². The van der Waals surface area contributed by atoms with Gasteiger partial charge in [-0.3, -0.25) is 4.98 Å². The molecule has 0 aliphatic carbocycles. The second kappa shape index (κ2) is 4.30. The van der Waals surface area contributed by atoms with Gasteiger partial charge in [-0.1, -0.05) is 18.2 Å². The van der Waals surface area contributed by atoms with Gasteiger partial charge in [0.25, 0.3) is 0 Å². The number of halogens is 1. The molecular formula is C17H12FNO. The molecule has 2 heterocycles. The summed E-state index contributed by atoms with van der Waals surface area (Å²) in [6.45, 7) is 0.741. The van der Waals surface area contributed by atoms with Crippen LogP contribution in [0.25, 0.3) is 21.9 Å². The maximum atomic E-state index is 13.8. The van der Waals surface area contributed by atoms with Gasteiger partial charge in [-0.25, -0.2) is 4.39 Å². The predicted octanol–water partition coefficient (Wildman–Crippen LogP) is 3.98. The molecule has 3 aromatic rings. The Bertz CT molecular complexity index is 813. The first-order chi connectivity index (χ1) is 9.83. The van der Waals surface area contributed by atoms with Crippen molar-refractivity contribution in [1.82, 2.24) is 4.98 Å². The van der Waals surface area contributed by atoms with Crippen LogP contribution in [0.1, 0.15) is 5.56 Å². The molecule has 0 spiro atoms. The van der Waals surface area contributed by atoms with E-state index in [1.165, 1.54) is 11.6 Å². The van der Waals surface area contributed by atoms with E-state index in [2.05, 4.69) is 17.1 Å². The molecule has 0 amide bonds. The lowest BCUT2D eigenvalue weighted by Crippen LogP contribution is -1.88. The molecule has 0 saturated carbocycles. The van der Waals surface area contributed by atoms with Crippen molar-refractivity contribution >= 4 is 10.8 Å². The van der Waals surface area contributed by atoms with E-state index in [1.807, 2.05) is 6.07 Å². The molecule has 0 bridgehead atoms. The molecular weight excluding hydrogens is 253 g/mol. The Morgan fingerprint density at radius 2 is 2.00 bits per heavy atom. The number of rotatable bonds is 1. The van der Waals surface area contributed by atoms with Crippen LogP contribution in [0.5, 0.6) is 5.75 Å². The lowest BCUT2D eigenvalue weighted by atomic mass is 9.98. The van der Waals surface area contributed by atoms with E-state index < -0.39 is 0 Å². The highest BCUT2D eigenvalue weighted by atomic mass is 19.1. The second-order valence-corrected chi connectivity index (χ2v) is 4.94. The molecule has 1 aromatic heterocycles. The fourth-order valence-corrected chi connectivity index (χ4v) is 2.74. The maximum absolute atomic E-state index is 13.8. The first-order valence-corrected chi connectivity index (χ1v) is 6.61. The summed E-state index contributed by atoms with van der Waals surface area (Å²) in [4.78, 5) is 4.11. The monoisotopic (exact) mass is 265 g/mol. The number of fused-ring (bicyclic) bond motifs is 2. The van der Waals surface area contributed by atoms with Gasteiger partial charge in [-0.15, -0.1) is 0 Å². The highest BCUT2D eigenvalue weighted by Crippen LogP contribution is 2.34. The number of nitrogens with zero attached hydrogens (tertiary/aromatic N) is 1. The minimum atomic E-state index is -0.219. The Balaban J connectivity index is 1.97. The summed E-state index contributed by atoms with van der Waals surface area (Å²) in [5.41, 5.74) is 3.25.